The van der Waals surface area contributed by atoms with E-state index in [9.17, 15) is 9.59 Å². The maximum atomic E-state index is 12.0. The molecule has 0 saturated heterocycles. The summed E-state index contributed by atoms with van der Waals surface area (Å²) in [4.78, 5) is 22.4. The third-order valence-electron chi connectivity index (χ3n) is 2.41. The predicted molar refractivity (Wildman–Crippen MR) is 76.8 cm³/mol. The highest BCUT2D eigenvalue weighted by molar-refractivity contribution is 7.99. The molecule has 0 fully saturated rings. The highest BCUT2D eigenvalue weighted by Crippen LogP contribution is 2.30. The topological polar surface area (TPSA) is 84.9 Å². The van der Waals surface area contributed by atoms with Crippen LogP contribution in [0.15, 0.2) is 18.2 Å². The van der Waals surface area contributed by atoms with Crippen molar-refractivity contribution in [3.63, 3.8) is 0 Å². The Morgan fingerprint density at radius 1 is 1.30 bits per heavy atom. The summed E-state index contributed by atoms with van der Waals surface area (Å²) in [5, 5.41) is 11.2. The SMILES string of the molecule is COc1cccc(C(=O)NCCSCC(=O)O)c1OC. The van der Waals surface area contributed by atoms with E-state index in [1.54, 1.807) is 18.2 Å². The molecule has 20 heavy (non-hydrogen) atoms. The first-order valence-electron chi connectivity index (χ1n) is 5.89. The number of nitrogens with one attached hydrogen (secondary N) is 1. The van der Waals surface area contributed by atoms with Gasteiger partial charge in [-0.1, -0.05) is 6.07 Å². The van der Waals surface area contributed by atoms with Gasteiger partial charge in [0.25, 0.3) is 5.91 Å². The van der Waals surface area contributed by atoms with Gasteiger partial charge < -0.3 is 19.9 Å². The Balaban J connectivity index is 2.57. The predicted octanol–water partition coefficient (Wildman–Crippen LogP) is 1.25. The lowest BCUT2D eigenvalue weighted by atomic mass is 10.1. The van der Waals surface area contributed by atoms with Crippen molar-refractivity contribution < 1.29 is 24.2 Å². The molecule has 1 rings (SSSR count). The second-order valence-corrected chi connectivity index (χ2v) is 4.85. The van der Waals surface area contributed by atoms with Gasteiger partial charge in [0, 0.05) is 12.3 Å². The van der Waals surface area contributed by atoms with E-state index in [0.717, 1.165) is 0 Å². The average Bonchev–Trinajstić information content (AvgIpc) is 2.45. The van der Waals surface area contributed by atoms with Crippen molar-refractivity contribution in [1.82, 2.24) is 5.32 Å². The molecule has 1 aromatic rings. The van der Waals surface area contributed by atoms with E-state index < -0.39 is 5.97 Å². The summed E-state index contributed by atoms with van der Waals surface area (Å²) in [5.41, 5.74) is 0.384. The van der Waals surface area contributed by atoms with E-state index in [2.05, 4.69) is 5.32 Å². The first-order chi connectivity index (χ1) is 9.60. The van der Waals surface area contributed by atoms with Crippen molar-refractivity contribution in [1.29, 1.82) is 0 Å². The van der Waals surface area contributed by atoms with Crippen LogP contribution in [0.1, 0.15) is 10.4 Å². The van der Waals surface area contributed by atoms with Gasteiger partial charge in [-0.2, -0.15) is 0 Å². The Labute approximate surface area is 121 Å². The van der Waals surface area contributed by atoms with Crippen LogP contribution in [0.4, 0.5) is 0 Å². The van der Waals surface area contributed by atoms with Crippen molar-refractivity contribution in [2.45, 2.75) is 0 Å². The van der Waals surface area contributed by atoms with Crippen LogP contribution >= 0.6 is 11.8 Å². The van der Waals surface area contributed by atoms with Gasteiger partial charge in [-0.3, -0.25) is 9.59 Å². The molecule has 0 aromatic heterocycles. The zero-order chi connectivity index (χ0) is 15.0. The van der Waals surface area contributed by atoms with E-state index in [0.29, 0.717) is 29.4 Å². The summed E-state index contributed by atoms with van der Waals surface area (Å²) in [7, 11) is 2.97. The Morgan fingerprint density at radius 2 is 2.05 bits per heavy atom. The largest absolute Gasteiger partial charge is 0.493 e. The number of carbonyl (C=O) groups is 2. The standard InChI is InChI=1S/C13H17NO5S/c1-18-10-5-3-4-9(12(10)19-2)13(17)14-6-7-20-8-11(15)16/h3-5H,6-8H2,1-2H3,(H,14,17)(H,15,16). The molecule has 1 amide bonds. The first kappa shape index (κ1) is 16.2. The molecule has 0 aliphatic carbocycles. The number of carboxylic acids is 1. The number of methoxy groups -OCH3 is 2. The molecular weight excluding hydrogens is 282 g/mol. The van der Waals surface area contributed by atoms with Crippen LogP contribution in [0.2, 0.25) is 0 Å². The molecule has 0 spiro atoms. The van der Waals surface area contributed by atoms with Gasteiger partial charge in [0.15, 0.2) is 11.5 Å². The molecule has 0 heterocycles. The van der Waals surface area contributed by atoms with Gasteiger partial charge in [0.2, 0.25) is 0 Å². The Morgan fingerprint density at radius 3 is 2.65 bits per heavy atom. The second kappa shape index (κ2) is 8.31. The van der Waals surface area contributed by atoms with Crippen LogP contribution in [-0.2, 0) is 4.79 Å². The number of carboxylic acid groups (broad SMARTS) is 1. The van der Waals surface area contributed by atoms with Gasteiger partial charge >= 0.3 is 5.97 Å². The number of amides is 1. The first-order valence-corrected chi connectivity index (χ1v) is 7.04. The van der Waals surface area contributed by atoms with E-state index in [1.807, 2.05) is 0 Å². The lowest BCUT2D eigenvalue weighted by molar-refractivity contribution is -0.133. The fourth-order valence-corrected chi connectivity index (χ4v) is 2.12. The third-order valence-corrected chi connectivity index (χ3v) is 3.35. The van der Waals surface area contributed by atoms with Gasteiger partial charge in [-0.15, -0.1) is 11.8 Å². The summed E-state index contributed by atoms with van der Waals surface area (Å²) < 4.78 is 10.3. The molecule has 7 heteroatoms. The molecule has 0 unspecified atom stereocenters. The fraction of sp³-hybridized carbons (Fsp3) is 0.385. The van der Waals surface area contributed by atoms with E-state index in [4.69, 9.17) is 14.6 Å². The summed E-state index contributed by atoms with van der Waals surface area (Å²) in [6.07, 6.45) is 0. The van der Waals surface area contributed by atoms with Gasteiger partial charge in [0.05, 0.1) is 25.5 Å². The van der Waals surface area contributed by atoms with Gasteiger partial charge in [0.1, 0.15) is 0 Å². The van der Waals surface area contributed by atoms with E-state index in [1.165, 1.54) is 26.0 Å². The average molecular weight is 299 g/mol. The number of rotatable bonds is 8. The third kappa shape index (κ3) is 4.65. The Bertz CT molecular complexity index is 478. The minimum absolute atomic E-state index is 0.0261. The monoisotopic (exact) mass is 299 g/mol. The zero-order valence-electron chi connectivity index (χ0n) is 11.3. The molecule has 1 aromatic carbocycles. The molecule has 0 atom stereocenters. The number of hydrogen-bond acceptors (Lipinski definition) is 5. The number of aliphatic carboxylic acids is 1. The minimum Gasteiger partial charge on any atom is -0.493 e. The fourth-order valence-electron chi connectivity index (χ4n) is 1.56. The van der Waals surface area contributed by atoms with Gasteiger partial charge in [-0.05, 0) is 12.1 Å². The van der Waals surface area contributed by atoms with Crippen molar-refractivity contribution in [2.24, 2.45) is 0 Å². The number of thioether (sulfide) groups is 1. The molecule has 0 bridgehead atoms. The van der Waals surface area contributed by atoms with Crippen LogP contribution in [0, 0.1) is 0 Å². The van der Waals surface area contributed by atoms with Crippen LogP contribution in [0.5, 0.6) is 11.5 Å². The lowest BCUT2D eigenvalue weighted by Gasteiger charge is -2.12. The van der Waals surface area contributed by atoms with Crippen molar-refractivity contribution in [3.05, 3.63) is 23.8 Å². The highest BCUT2D eigenvalue weighted by atomic mass is 32.2. The maximum absolute atomic E-state index is 12.0. The number of benzene rings is 1. The van der Waals surface area contributed by atoms with Crippen molar-refractivity contribution >= 4 is 23.6 Å². The molecule has 2 N–H and O–H groups in total. The molecule has 110 valence electrons. The second-order valence-electron chi connectivity index (χ2n) is 3.74. The van der Waals surface area contributed by atoms with Crippen LogP contribution in [0.25, 0.3) is 0 Å². The molecule has 0 saturated carbocycles. The zero-order valence-corrected chi connectivity index (χ0v) is 12.2. The molecular formula is C13H17NO5S. The van der Waals surface area contributed by atoms with E-state index >= 15 is 0 Å². The summed E-state index contributed by atoms with van der Waals surface area (Å²) in [6, 6.07) is 5.05. The molecule has 0 aliphatic rings. The quantitative estimate of drug-likeness (QED) is 0.703. The lowest BCUT2D eigenvalue weighted by Crippen LogP contribution is -2.26. The maximum Gasteiger partial charge on any atom is 0.313 e. The summed E-state index contributed by atoms with van der Waals surface area (Å²) in [6.45, 7) is 0.386. The molecule has 6 nitrogen and oxygen atoms in total. The summed E-state index contributed by atoms with van der Waals surface area (Å²) >= 11 is 1.25. The molecule has 0 aliphatic heterocycles. The van der Waals surface area contributed by atoms with Crippen LogP contribution in [-0.4, -0.2) is 49.3 Å². The highest BCUT2D eigenvalue weighted by Gasteiger charge is 2.15. The van der Waals surface area contributed by atoms with Gasteiger partial charge in [-0.25, -0.2) is 0 Å². The van der Waals surface area contributed by atoms with Crippen LogP contribution in [0.3, 0.4) is 0 Å². The van der Waals surface area contributed by atoms with E-state index in [-0.39, 0.29) is 11.7 Å². The molecule has 0 radical (unpaired) electrons. The summed E-state index contributed by atoms with van der Waals surface area (Å²) in [5.74, 6) is 0.279. The Hall–Kier alpha value is -1.89. The normalized spacial score (nSPS) is 9.90. The smallest absolute Gasteiger partial charge is 0.313 e. The van der Waals surface area contributed by atoms with Crippen LogP contribution < -0.4 is 14.8 Å². The minimum atomic E-state index is -0.865. The number of ether oxygens (including phenoxy) is 2. The number of carbonyl (C=O) groups excluding carboxylic acids is 1. The number of para-hydroxylation sites is 1. The Kier molecular flexibility index (Phi) is 6.72. The number of hydrogen-bond donors (Lipinski definition) is 2. The van der Waals surface area contributed by atoms with Crippen molar-refractivity contribution in [2.75, 3.05) is 32.3 Å². The van der Waals surface area contributed by atoms with Crippen molar-refractivity contribution in [3.8, 4) is 11.5 Å².